The van der Waals surface area contributed by atoms with Gasteiger partial charge in [0.2, 0.25) is 0 Å². The molecule has 0 atom stereocenters. The van der Waals surface area contributed by atoms with Crippen LogP contribution in [0.5, 0.6) is 5.75 Å². The van der Waals surface area contributed by atoms with Crippen molar-refractivity contribution in [1.82, 2.24) is 4.90 Å². The Morgan fingerprint density at radius 1 is 1.26 bits per heavy atom. The molecule has 0 fully saturated rings. The Labute approximate surface area is 115 Å². The highest BCUT2D eigenvalue weighted by atomic mass is 16.5. The van der Waals surface area contributed by atoms with E-state index >= 15 is 0 Å². The second-order valence-electron chi connectivity index (χ2n) is 5.24. The van der Waals surface area contributed by atoms with Crippen molar-refractivity contribution in [3.63, 3.8) is 0 Å². The van der Waals surface area contributed by atoms with Gasteiger partial charge in [-0.25, -0.2) is 0 Å². The molecule has 3 nitrogen and oxygen atoms in total. The Hall–Kier alpha value is -1.53. The van der Waals surface area contributed by atoms with E-state index in [9.17, 15) is 0 Å². The minimum atomic E-state index is 0.659. The van der Waals surface area contributed by atoms with Gasteiger partial charge in [-0.2, -0.15) is 5.26 Å². The Balaban J connectivity index is 1.77. The lowest BCUT2D eigenvalue weighted by molar-refractivity contribution is 0.299. The number of nitrogens with zero attached hydrogens (tertiary/aromatic N) is 2. The third-order valence-corrected chi connectivity index (χ3v) is 3.58. The molecule has 0 bridgehead atoms. The predicted molar refractivity (Wildman–Crippen MR) is 76.1 cm³/mol. The Morgan fingerprint density at radius 2 is 2.16 bits per heavy atom. The van der Waals surface area contributed by atoms with E-state index in [2.05, 4.69) is 36.2 Å². The summed E-state index contributed by atoms with van der Waals surface area (Å²) in [5, 5.41) is 8.45. The van der Waals surface area contributed by atoms with Crippen molar-refractivity contribution in [2.24, 2.45) is 0 Å². The number of unbranched alkanes of at least 4 members (excludes halogenated alkanes) is 3. The van der Waals surface area contributed by atoms with Gasteiger partial charge in [-0.3, -0.25) is 0 Å². The van der Waals surface area contributed by atoms with Gasteiger partial charge in [0.15, 0.2) is 0 Å². The molecule has 1 aliphatic heterocycles. The lowest BCUT2D eigenvalue weighted by atomic mass is 10.00. The first-order valence-corrected chi connectivity index (χ1v) is 7.09. The highest BCUT2D eigenvalue weighted by molar-refractivity contribution is 5.37. The first-order valence-electron chi connectivity index (χ1n) is 7.09. The summed E-state index contributed by atoms with van der Waals surface area (Å²) < 4.78 is 5.78. The summed E-state index contributed by atoms with van der Waals surface area (Å²) in [6.45, 7) is 2.93. The Morgan fingerprint density at radius 3 is 3.00 bits per heavy atom. The van der Waals surface area contributed by atoms with Crippen LogP contribution in [0, 0.1) is 11.3 Å². The molecule has 0 spiro atoms. The zero-order chi connectivity index (χ0) is 13.5. The fraction of sp³-hybridized carbons (Fsp3) is 0.562. The molecule has 0 aromatic heterocycles. The van der Waals surface area contributed by atoms with Gasteiger partial charge < -0.3 is 9.64 Å². The number of rotatable bonds is 6. The number of likely N-dealkylation sites (N-methyl/N-ethyl adjacent to an activating group) is 1. The van der Waals surface area contributed by atoms with Crippen molar-refractivity contribution in [3.05, 3.63) is 29.3 Å². The van der Waals surface area contributed by atoms with Crippen LogP contribution in [0.2, 0.25) is 0 Å². The summed E-state index contributed by atoms with van der Waals surface area (Å²) in [6, 6.07) is 8.63. The van der Waals surface area contributed by atoms with E-state index in [4.69, 9.17) is 10.00 Å². The summed E-state index contributed by atoms with van der Waals surface area (Å²) in [6.07, 6.45) is 4.86. The normalized spacial score (nSPS) is 14.7. The summed E-state index contributed by atoms with van der Waals surface area (Å²) in [4.78, 5) is 2.35. The van der Waals surface area contributed by atoms with E-state index in [1.54, 1.807) is 0 Å². The molecule has 0 saturated carbocycles. The largest absolute Gasteiger partial charge is 0.494 e. The molecule has 0 radical (unpaired) electrons. The van der Waals surface area contributed by atoms with E-state index in [1.165, 1.54) is 11.1 Å². The van der Waals surface area contributed by atoms with Crippen LogP contribution >= 0.6 is 0 Å². The molecular weight excluding hydrogens is 236 g/mol. The number of hydrogen-bond acceptors (Lipinski definition) is 3. The van der Waals surface area contributed by atoms with Gasteiger partial charge in [-0.1, -0.05) is 6.07 Å². The van der Waals surface area contributed by atoms with Crippen LogP contribution in [0.25, 0.3) is 0 Å². The van der Waals surface area contributed by atoms with E-state index < -0.39 is 0 Å². The van der Waals surface area contributed by atoms with Crippen LogP contribution in [0.3, 0.4) is 0 Å². The molecule has 1 aliphatic rings. The maximum absolute atomic E-state index is 8.45. The second kappa shape index (κ2) is 7.16. The lowest BCUT2D eigenvalue weighted by Gasteiger charge is -2.25. The predicted octanol–water partition coefficient (Wildman–Crippen LogP) is 3.14. The molecule has 19 heavy (non-hydrogen) atoms. The number of hydrogen-bond donors (Lipinski definition) is 0. The lowest BCUT2D eigenvalue weighted by Crippen LogP contribution is -2.26. The summed E-state index contributed by atoms with van der Waals surface area (Å²) in [5.74, 6) is 0.989. The minimum absolute atomic E-state index is 0.659. The molecule has 3 heteroatoms. The van der Waals surface area contributed by atoms with Crippen LogP contribution in [0.4, 0.5) is 0 Å². The number of benzene rings is 1. The molecule has 1 aromatic carbocycles. The van der Waals surface area contributed by atoms with Crippen LogP contribution in [-0.4, -0.2) is 25.1 Å². The Bertz CT molecular complexity index is 451. The van der Waals surface area contributed by atoms with Crippen molar-refractivity contribution in [2.45, 2.75) is 38.6 Å². The molecule has 0 unspecified atom stereocenters. The minimum Gasteiger partial charge on any atom is -0.494 e. The van der Waals surface area contributed by atoms with E-state index in [1.807, 2.05) is 0 Å². The summed E-state index contributed by atoms with van der Waals surface area (Å²) in [5.41, 5.74) is 2.86. The van der Waals surface area contributed by atoms with Gasteiger partial charge in [0, 0.05) is 19.5 Å². The fourth-order valence-electron chi connectivity index (χ4n) is 2.43. The number of nitriles is 1. The van der Waals surface area contributed by atoms with Crippen molar-refractivity contribution < 1.29 is 4.74 Å². The number of ether oxygens (including phenoxy) is 1. The van der Waals surface area contributed by atoms with E-state index in [0.717, 1.165) is 51.1 Å². The summed E-state index contributed by atoms with van der Waals surface area (Å²) in [7, 11) is 2.16. The standard InChI is InChI=1S/C16H22N2O/c1-18-10-8-14-12-16(7-6-15(14)13-18)19-11-5-3-2-4-9-17/h6-7,12H,2-5,8,10-11,13H2,1H3. The average molecular weight is 258 g/mol. The first kappa shape index (κ1) is 13.9. The fourth-order valence-corrected chi connectivity index (χ4v) is 2.43. The average Bonchev–Trinajstić information content (AvgIpc) is 2.43. The van der Waals surface area contributed by atoms with Crippen LogP contribution in [0.15, 0.2) is 18.2 Å². The third kappa shape index (κ3) is 4.25. The van der Waals surface area contributed by atoms with Gasteiger partial charge >= 0.3 is 0 Å². The van der Waals surface area contributed by atoms with Crippen molar-refractivity contribution in [1.29, 1.82) is 5.26 Å². The molecule has 0 aliphatic carbocycles. The molecule has 0 saturated heterocycles. The third-order valence-electron chi connectivity index (χ3n) is 3.58. The highest BCUT2D eigenvalue weighted by Gasteiger charge is 2.13. The van der Waals surface area contributed by atoms with Gasteiger partial charge in [-0.15, -0.1) is 0 Å². The van der Waals surface area contributed by atoms with Crippen LogP contribution < -0.4 is 4.74 Å². The van der Waals surface area contributed by atoms with Gasteiger partial charge in [0.25, 0.3) is 0 Å². The SMILES string of the molecule is CN1CCc2cc(OCCCCCC#N)ccc2C1. The van der Waals surface area contributed by atoms with Gasteiger partial charge in [0.1, 0.15) is 5.75 Å². The maximum Gasteiger partial charge on any atom is 0.119 e. The van der Waals surface area contributed by atoms with Gasteiger partial charge in [0.05, 0.1) is 12.7 Å². The van der Waals surface area contributed by atoms with Crippen molar-refractivity contribution >= 4 is 0 Å². The summed E-state index contributed by atoms with van der Waals surface area (Å²) >= 11 is 0. The van der Waals surface area contributed by atoms with E-state index in [0.29, 0.717) is 6.42 Å². The van der Waals surface area contributed by atoms with Crippen molar-refractivity contribution in [2.75, 3.05) is 20.2 Å². The molecule has 0 N–H and O–H groups in total. The molecular formula is C16H22N2O. The van der Waals surface area contributed by atoms with Crippen LogP contribution in [0.1, 0.15) is 36.8 Å². The Kier molecular flexibility index (Phi) is 5.23. The molecule has 0 amide bonds. The maximum atomic E-state index is 8.45. The van der Waals surface area contributed by atoms with Gasteiger partial charge in [-0.05, 0) is 56.0 Å². The first-order chi connectivity index (χ1) is 9.29. The zero-order valence-corrected chi connectivity index (χ0v) is 11.7. The van der Waals surface area contributed by atoms with Crippen LogP contribution in [-0.2, 0) is 13.0 Å². The van der Waals surface area contributed by atoms with Crippen molar-refractivity contribution in [3.8, 4) is 11.8 Å². The topological polar surface area (TPSA) is 36.3 Å². The monoisotopic (exact) mass is 258 g/mol. The molecule has 2 rings (SSSR count). The highest BCUT2D eigenvalue weighted by Crippen LogP contribution is 2.23. The second-order valence-corrected chi connectivity index (χ2v) is 5.24. The molecule has 102 valence electrons. The molecule has 1 aromatic rings. The quantitative estimate of drug-likeness (QED) is 0.735. The molecule has 1 heterocycles. The number of fused-ring (bicyclic) bond motifs is 1. The smallest absolute Gasteiger partial charge is 0.119 e. The van der Waals surface area contributed by atoms with E-state index in [-0.39, 0.29) is 0 Å². The zero-order valence-electron chi connectivity index (χ0n) is 11.7.